The molecule has 0 heterocycles. The van der Waals surface area contributed by atoms with Crippen molar-refractivity contribution in [1.29, 1.82) is 0 Å². The van der Waals surface area contributed by atoms with E-state index >= 15 is 0 Å². The lowest BCUT2D eigenvalue weighted by atomic mass is 9.98. The molecule has 0 unspecified atom stereocenters. The van der Waals surface area contributed by atoms with Crippen LogP contribution < -0.4 is 0 Å². The fourth-order valence-corrected chi connectivity index (χ4v) is 3.24. The molecule has 23 heavy (non-hydrogen) atoms. The Morgan fingerprint density at radius 3 is 2.43 bits per heavy atom. The third kappa shape index (κ3) is 4.08. The van der Waals surface area contributed by atoms with Gasteiger partial charge in [0, 0.05) is 19.8 Å². The number of aromatic hydroxyl groups is 1. The molecule has 0 saturated carbocycles. The van der Waals surface area contributed by atoms with Gasteiger partial charge in [-0.15, -0.1) is 0 Å². The number of ketones is 1. The van der Waals surface area contributed by atoms with E-state index in [-0.39, 0.29) is 17.7 Å². The zero-order valence-electron chi connectivity index (χ0n) is 13.3. The molecule has 6 heteroatoms. The van der Waals surface area contributed by atoms with Gasteiger partial charge < -0.3 is 14.2 Å². The van der Waals surface area contributed by atoms with Gasteiger partial charge in [0.1, 0.15) is 11.9 Å². The highest BCUT2D eigenvalue weighted by atomic mass is 31.2. The maximum Gasteiger partial charge on any atom is 0.337 e. The summed E-state index contributed by atoms with van der Waals surface area (Å²) < 4.78 is 21.7. The predicted molar refractivity (Wildman–Crippen MR) is 89.1 cm³/mol. The Hall–Kier alpha value is -1.94. The monoisotopic (exact) mass is 334 g/mol. The van der Waals surface area contributed by atoms with Crippen LogP contribution in [0.15, 0.2) is 42.5 Å². The summed E-state index contributed by atoms with van der Waals surface area (Å²) in [4.78, 5) is 12.3. The molecule has 0 aliphatic rings. The van der Waals surface area contributed by atoms with Crippen LogP contribution in [0.2, 0.25) is 0 Å². The van der Waals surface area contributed by atoms with Gasteiger partial charge in [0.2, 0.25) is 0 Å². The number of benzene rings is 2. The van der Waals surface area contributed by atoms with Crippen LogP contribution in [-0.2, 0) is 13.6 Å². The zero-order chi connectivity index (χ0) is 17.0. The summed E-state index contributed by atoms with van der Waals surface area (Å²) in [5.74, 6) is -0.116. The molecular formula is C17H19O5P. The smallest absolute Gasteiger partial charge is 0.337 e. The van der Waals surface area contributed by atoms with Crippen LogP contribution in [0, 0.1) is 6.92 Å². The van der Waals surface area contributed by atoms with E-state index in [2.05, 4.69) is 0 Å². The molecule has 0 bridgehead atoms. The summed E-state index contributed by atoms with van der Waals surface area (Å²) in [6.45, 7) is 1.88. The first kappa shape index (κ1) is 17.4. The second-order valence-corrected chi connectivity index (χ2v) is 7.41. The van der Waals surface area contributed by atoms with E-state index in [1.54, 1.807) is 36.4 Å². The number of Topliss-reactive ketones (excluding diaryl/α,β-unsaturated/α-hetero) is 1. The number of carbonyl (C=O) groups is 1. The number of aryl methyl sites for hydroxylation is 1. The number of carbonyl (C=O) groups excluding carboxylic acids is 1. The van der Waals surface area contributed by atoms with Crippen LogP contribution in [0.3, 0.4) is 0 Å². The molecule has 0 radical (unpaired) electrons. The largest absolute Gasteiger partial charge is 0.508 e. The third-order valence-corrected chi connectivity index (χ3v) is 5.39. The maximum atomic E-state index is 12.3. The average molecular weight is 334 g/mol. The highest BCUT2D eigenvalue weighted by molar-refractivity contribution is 7.54. The SMILES string of the molecule is COP(=O)(CC(=O)c1cccc(-c2ccc(O)cc2C)c1)OC. The first-order valence-corrected chi connectivity index (χ1v) is 8.75. The fraction of sp³-hybridized carbons (Fsp3) is 0.235. The quantitative estimate of drug-likeness (QED) is 0.638. The van der Waals surface area contributed by atoms with Crippen molar-refractivity contribution >= 4 is 13.4 Å². The van der Waals surface area contributed by atoms with Crippen molar-refractivity contribution in [3.05, 3.63) is 53.6 Å². The summed E-state index contributed by atoms with van der Waals surface area (Å²) in [6, 6.07) is 12.1. The average Bonchev–Trinajstić information content (AvgIpc) is 2.54. The molecule has 0 spiro atoms. The van der Waals surface area contributed by atoms with Gasteiger partial charge in [0.25, 0.3) is 0 Å². The first-order valence-electron chi connectivity index (χ1n) is 7.02. The molecule has 0 amide bonds. The van der Waals surface area contributed by atoms with Crippen molar-refractivity contribution in [3.8, 4) is 16.9 Å². The van der Waals surface area contributed by atoms with Gasteiger partial charge in [-0.3, -0.25) is 9.36 Å². The predicted octanol–water partition coefficient (Wildman–Crippen LogP) is 4.04. The van der Waals surface area contributed by atoms with Crippen LogP contribution in [0.25, 0.3) is 11.1 Å². The number of hydrogen-bond donors (Lipinski definition) is 1. The number of hydrogen-bond acceptors (Lipinski definition) is 5. The second kappa shape index (κ2) is 7.09. The molecule has 0 fully saturated rings. The van der Waals surface area contributed by atoms with Crippen LogP contribution in [0.1, 0.15) is 15.9 Å². The number of phenolic OH excluding ortho intramolecular Hbond substituents is 1. The molecule has 2 aromatic carbocycles. The van der Waals surface area contributed by atoms with Gasteiger partial charge in [0.15, 0.2) is 5.78 Å². The Labute approximate surface area is 135 Å². The fourth-order valence-electron chi connectivity index (χ4n) is 2.30. The summed E-state index contributed by atoms with van der Waals surface area (Å²) in [5.41, 5.74) is 3.09. The van der Waals surface area contributed by atoms with E-state index in [1.807, 2.05) is 13.0 Å². The second-order valence-electron chi connectivity index (χ2n) is 5.14. The van der Waals surface area contributed by atoms with Crippen molar-refractivity contribution < 1.29 is 23.5 Å². The Morgan fingerprint density at radius 1 is 1.13 bits per heavy atom. The Balaban J connectivity index is 2.33. The standard InChI is InChI=1S/C17H19O5P/c1-12-9-15(18)7-8-16(12)13-5-4-6-14(10-13)17(19)11-23(20,21-2)22-3/h4-10,18H,11H2,1-3H3. The minimum absolute atomic E-state index is 0.194. The maximum absolute atomic E-state index is 12.3. The lowest BCUT2D eigenvalue weighted by Crippen LogP contribution is -2.08. The molecular weight excluding hydrogens is 315 g/mol. The molecule has 122 valence electrons. The van der Waals surface area contributed by atoms with Gasteiger partial charge >= 0.3 is 7.60 Å². The number of rotatable bonds is 6. The van der Waals surface area contributed by atoms with E-state index in [4.69, 9.17) is 9.05 Å². The van der Waals surface area contributed by atoms with Gasteiger partial charge in [-0.2, -0.15) is 0 Å². The summed E-state index contributed by atoms with van der Waals surface area (Å²) >= 11 is 0. The van der Waals surface area contributed by atoms with Crippen molar-refractivity contribution in [2.75, 3.05) is 20.4 Å². The summed E-state index contributed by atoms with van der Waals surface area (Å²) in [6.07, 6.45) is -0.308. The van der Waals surface area contributed by atoms with Crippen LogP contribution >= 0.6 is 7.60 Å². The first-order chi connectivity index (χ1) is 10.9. The van der Waals surface area contributed by atoms with Crippen LogP contribution in [-0.4, -0.2) is 31.3 Å². The molecule has 0 atom stereocenters. The molecule has 0 aliphatic carbocycles. The Kier molecular flexibility index (Phi) is 5.37. The van der Waals surface area contributed by atoms with Gasteiger partial charge in [-0.1, -0.05) is 24.3 Å². The minimum atomic E-state index is -3.39. The molecule has 1 N–H and O–H groups in total. The summed E-state index contributed by atoms with van der Waals surface area (Å²) in [7, 11) is -0.873. The highest BCUT2D eigenvalue weighted by Crippen LogP contribution is 2.46. The van der Waals surface area contributed by atoms with Crippen molar-refractivity contribution in [2.24, 2.45) is 0 Å². The molecule has 2 aromatic rings. The summed E-state index contributed by atoms with van der Waals surface area (Å²) in [5, 5.41) is 9.50. The molecule has 0 aromatic heterocycles. The Morgan fingerprint density at radius 2 is 1.83 bits per heavy atom. The van der Waals surface area contributed by atoms with Crippen molar-refractivity contribution in [1.82, 2.24) is 0 Å². The van der Waals surface area contributed by atoms with Crippen LogP contribution in [0.5, 0.6) is 5.75 Å². The third-order valence-electron chi connectivity index (χ3n) is 3.60. The zero-order valence-corrected chi connectivity index (χ0v) is 14.2. The van der Waals surface area contributed by atoms with E-state index in [0.717, 1.165) is 16.7 Å². The van der Waals surface area contributed by atoms with E-state index in [9.17, 15) is 14.5 Å². The minimum Gasteiger partial charge on any atom is -0.508 e. The number of phenols is 1. The van der Waals surface area contributed by atoms with E-state index in [0.29, 0.717) is 5.56 Å². The Bertz CT molecular complexity index is 761. The van der Waals surface area contributed by atoms with E-state index < -0.39 is 7.60 Å². The molecule has 0 saturated heterocycles. The molecule has 5 nitrogen and oxygen atoms in total. The van der Waals surface area contributed by atoms with E-state index in [1.165, 1.54) is 14.2 Å². The topological polar surface area (TPSA) is 72.8 Å². The van der Waals surface area contributed by atoms with Crippen molar-refractivity contribution in [3.63, 3.8) is 0 Å². The van der Waals surface area contributed by atoms with Crippen molar-refractivity contribution in [2.45, 2.75) is 6.92 Å². The lowest BCUT2D eigenvalue weighted by molar-refractivity contribution is 0.101. The normalized spacial score (nSPS) is 11.4. The van der Waals surface area contributed by atoms with Gasteiger partial charge in [-0.25, -0.2) is 0 Å². The lowest BCUT2D eigenvalue weighted by Gasteiger charge is -2.13. The van der Waals surface area contributed by atoms with Gasteiger partial charge in [-0.05, 0) is 41.8 Å². The molecule has 2 rings (SSSR count). The molecule has 0 aliphatic heterocycles. The highest BCUT2D eigenvalue weighted by Gasteiger charge is 2.26. The van der Waals surface area contributed by atoms with Crippen LogP contribution in [0.4, 0.5) is 0 Å². The van der Waals surface area contributed by atoms with Gasteiger partial charge in [0.05, 0.1) is 0 Å².